The normalized spacial score (nSPS) is 13.8. The van der Waals surface area contributed by atoms with Crippen molar-refractivity contribution in [3.8, 4) is 5.75 Å². The number of amides is 1. The van der Waals surface area contributed by atoms with Gasteiger partial charge < -0.3 is 14.1 Å². The highest BCUT2D eigenvalue weighted by atomic mass is 35.5. The van der Waals surface area contributed by atoms with Gasteiger partial charge in [0.2, 0.25) is 10.0 Å². The van der Waals surface area contributed by atoms with E-state index in [1.54, 1.807) is 6.92 Å². The van der Waals surface area contributed by atoms with Crippen molar-refractivity contribution in [1.29, 1.82) is 0 Å². The molecule has 1 heterocycles. The van der Waals surface area contributed by atoms with Gasteiger partial charge in [0.1, 0.15) is 16.3 Å². The van der Waals surface area contributed by atoms with Crippen molar-refractivity contribution < 1.29 is 26.8 Å². The van der Waals surface area contributed by atoms with E-state index in [1.165, 1.54) is 49.3 Å². The summed E-state index contributed by atoms with van der Waals surface area (Å²) in [6.07, 6.45) is 0.600. The Kier molecular flexibility index (Phi) is 6.41. The summed E-state index contributed by atoms with van der Waals surface area (Å²) in [4.78, 5) is 25.4. The van der Waals surface area contributed by atoms with Crippen LogP contribution >= 0.6 is 11.6 Å². The second kappa shape index (κ2) is 9.01. The van der Waals surface area contributed by atoms with Crippen LogP contribution in [0.4, 0.5) is 9.18 Å². The molecule has 0 atom stereocenters. The predicted molar refractivity (Wildman–Crippen MR) is 124 cm³/mol. The number of sulfonamides is 1. The number of carbonyl (C=O) groups excluding carboxylic acids is 1. The van der Waals surface area contributed by atoms with Crippen molar-refractivity contribution in [2.24, 2.45) is 0 Å². The van der Waals surface area contributed by atoms with Crippen molar-refractivity contribution in [3.05, 3.63) is 68.3 Å². The van der Waals surface area contributed by atoms with Gasteiger partial charge in [-0.25, -0.2) is 27.1 Å². The molecule has 3 aromatic rings. The van der Waals surface area contributed by atoms with Gasteiger partial charge in [0.25, 0.3) is 0 Å². The van der Waals surface area contributed by atoms with E-state index in [0.717, 1.165) is 12.8 Å². The minimum Gasteiger partial charge on any atom is -0.422 e. The van der Waals surface area contributed by atoms with Crippen molar-refractivity contribution in [2.75, 3.05) is 14.1 Å². The monoisotopic (exact) mass is 508 g/mol. The molecule has 0 aliphatic heterocycles. The van der Waals surface area contributed by atoms with Crippen LogP contribution in [0.3, 0.4) is 0 Å². The van der Waals surface area contributed by atoms with Gasteiger partial charge in [-0.05, 0) is 43.0 Å². The van der Waals surface area contributed by atoms with E-state index in [4.69, 9.17) is 20.8 Å². The number of nitrogens with one attached hydrogen (secondary N) is 1. The molecule has 1 saturated carbocycles. The number of halogens is 2. The third-order valence-electron chi connectivity index (χ3n) is 5.50. The average molecular weight is 509 g/mol. The lowest BCUT2D eigenvalue weighted by Gasteiger charge is -2.14. The zero-order valence-corrected chi connectivity index (χ0v) is 20.2. The number of rotatable bonds is 6. The standard InChI is InChI=1S/C23H22ClFN2O6S/c1-12-15-10-17(24)19(33-23(29)27(2)3)11-18(15)32-22(28)16(12)9-13-5-4-6-20(21(13)25)34(30,31)26-14-7-8-14/h4-6,10-11,14,26H,7-9H2,1-3H3. The van der Waals surface area contributed by atoms with E-state index in [2.05, 4.69) is 4.72 Å². The van der Waals surface area contributed by atoms with Gasteiger partial charge in [0.15, 0.2) is 5.75 Å². The molecule has 0 bridgehead atoms. The summed E-state index contributed by atoms with van der Waals surface area (Å²) in [6, 6.07) is 6.71. The fraction of sp³-hybridized carbons (Fsp3) is 0.304. The molecule has 0 saturated heterocycles. The highest BCUT2D eigenvalue weighted by Crippen LogP contribution is 2.33. The fourth-order valence-electron chi connectivity index (χ4n) is 3.43. The second-order valence-corrected chi connectivity index (χ2v) is 10.4. The lowest BCUT2D eigenvalue weighted by molar-refractivity contribution is 0.172. The first-order valence-corrected chi connectivity index (χ1v) is 12.3. The second-order valence-electron chi connectivity index (χ2n) is 8.34. The maximum atomic E-state index is 15.2. The van der Waals surface area contributed by atoms with E-state index < -0.39 is 32.5 Å². The van der Waals surface area contributed by atoms with Gasteiger partial charge >= 0.3 is 11.7 Å². The minimum atomic E-state index is -4.01. The zero-order valence-electron chi connectivity index (χ0n) is 18.6. The molecule has 1 aliphatic carbocycles. The van der Waals surface area contributed by atoms with Gasteiger partial charge in [0, 0.05) is 43.6 Å². The fourth-order valence-corrected chi connectivity index (χ4v) is 5.06. The predicted octanol–water partition coefficient (Wildman–Crippen LogP) is 3.99. The van der Waals surface area contributed by atoms with Crippen molar-refractivity contribution in [3.63, 3.8) is 0 Å². The molecular formula is C23H22ClFN2O6S. The van der Waals surface area contributed by atoms with Crippen LogP contribution in [0.2, 0.25) is 5.02 Å². The molecule has 2 aromatic carbocycles. The first-order valence-electron chi connectivity index (χ1n) is 10.4. The molecular weight excluding hydrogens is 487 g/mol. The Morgan fingerprint density at radius 2 is 2.00 bits per heavy atom. The van der Waals surface area contributed by atoms with Crippen LogP contribution in [-0.2, 0) is 16.4 Å². The molecule has 1 fully saturated rings. The summed E-state index contributed by atoms with van der Waals surface area (Å²) >= 11 is 6.27. The van der Waals surface area contributed by atoms with Crippen molar-refractivity contribution in [1.82, 2.24) is 9.62 Å². The van der Waals surface area contributed by atoms with Gasteiger partial charge in [-0.3, -0.25) is 0 Å². The van der Waals surface area contributed by atoms with Gasteiger partial charge in [-0.15, -0.1) is 0 Å². The summed E-state index contributed by atoms with van der Waals surface area (Å²) in [5, 5.41) is 0.597. The summed E-state index contributed by atoms with van der Waals surface area (Å²) in [6.45, 7) is 1.66. The summed E-state index contributed by atoms with van der Waals surface area (Å²) in [7, 11) is -0.995. The molecule has 0 radical (unpaired) electrons. The van der Waals surface area contributed by atoms with Crippen molar-refractivity contribution in [2.45, 2.75) is 37.1 Å². The topological polar surface area (TPSA) is 106 Å². The van der Waals surface area contributed by atoms with Crippen LogP contribution in [0.5, 0.6) is 5.75 Å². The molecule has 34 heavy (non-hydrogen) atoms. The van der Waals surface area contributed by atoms with Gasteiger partial charge in [-0.2, -0.15) is 0 Å². The lowest BCUT2D eigenvalue weighted by atomic mass is 9.99. The average Bonchev–Trinajstić information content (AvgIpc) is 3.56. The molecule has 1 aliphatic rings. The SMILES string of the molecule is Cc1c(Cc2cccc(S(=O)(=O)NC3CC3)c2F)c(=O)oc2cc(OC(=O)N(C)C)c(Cl)cc12. The van der Waals surface area contributed by atoms with E-state index >= 15 is 4.39 Å². The van der Waals surface area contributed by atoms with Gasteiger partial charge in [0.05, 0.1) is 5.02 Å². The molecule has 180 valence electrons. The molecule has 0 unspecified atom stereocenters. The molecule has 11 heteroatoms. The molecule has 1 amide bonds. The number of ether oxygens (including phenoxy) is 1. The van der Waals surface area contributed by atoms with E-state index in [0.29, 0.717) is 10.9 Å². The summed E-state index contributed by atoms with van der Waals surface area (Å²) in [5.74, 6) is -0.895. The first-order chi connectivity index (χ1) is 16.0. The highest BCUT2D eigenvalue weighted by Gasteiger charge is 2.30. The minimum absolute atomic E-state index is 0.0234. The van der Waals surface area contributed by atoms with Crippen LogP contribution in [0.15, 0.2) is 44.4 Å². The smallest absolute Gasteiger partial charge is 0.414 e. The third kappa shape index (κ3) is 4.79. The lowest BCUT2D eigenvalue weighted by Crippen LogP contribution is -2.27. The van der Waals surface area contributed by atoms with Crippen LogP contribution in [0.1, 0.15) is 29.5 Å². The van der Waals surface area contributed by atoms with Crippen molar-refractivity contribution >= 4 is 38.7 Å². The largest absolute Gasteiger partial charge is 0.422 e. The number of hydrogen-bond donors (Lipinski definition) is 1. The first kappa shape index (κ1) is 24.2. The van der Waals surface area contributed by atoms with E-state index in [9.17, 15) is 18.0 Å². The Morgan fingerprint density at radius 3 is 2.65 bits per heavy atom. The highest BCUT2D eigenvalue weighted by molar-refractivity contribution is 7.89. The number of benzene rings is 2. The van der Waals surface area contributed by atoms with Crippen LogP contribution in [0.25, 0.3) is 11.0 Å². The van der Waals surface area contributed by atoms with Crippen LogP contribution in [-0.4, -0.2) is 39.5 Å². The maximum absolute atomic E-state index is 15.2. The number of carbonyl (C=O) groups is 1. The van der Waals surface area contributed by atoms with E-state index in [-0.39, 0.29) is 39.9 Å². The Labute approximate surface area is 200 Å². The molecule has 4 rings (SSSR count). The molecule has 1 aromatic heterocycles. The molecule has 8 nitrogen and oxygen atoms in total. The van der Waals surface area contributed by atoms with Crippen LogP contribution in [0, 0.1) is 12.7 Å². The van der Waals surface area contributed by atoms with E-state index in [1.807, 2.05) is 0 Å². The number of nitrogens with zero attached hydrogens (tertiary/aromatic N) is 1. The Balaban J connectivity index is 1.72. The Hall–Kier alpha value is -2.95. The molecule has 0 spiro atoms. The third-order valence-corrected chi connectivity index (χ3v) is 7.33. The molecule has 1 N–H and O–H groups in total. The number of hydrogen-bond acceptors (Lipinski definition) is 6. The van der Waals surface area contributed by atoms with Gasteiger partial charge in [-0.1, -0.05) is 23.7 Å². The number of fused-ring (bicyclic) bond motifs is 1. The number of aryl methyl sites for hydroxylation is 1. The summed E-state index contributed by atoms with van der Waals surface area (Å²) < 4.78 is 53.3. The Morgan fingerprint density at radius 1 is 1.29 bits per heavy atom. The van der Waals surface area contributed by atoms with Crippen LogP contribution < -0.4 is 15.1 Å². The quantitative estimate of drug-likeness (QED) is 0.505. The zero-order chi connectivity index (χ0) is 24.8. The Bertz CT molecular complexity index is 1460. The summed E-state index contributed by atoms with van der Waals surface area (Å²) in [5.41, 5.74) is 0.104. The maximum Gasteiger partial charge on any atom is 0.414 e.